The lowest BCUT2D eigenvalue weighted by molar-refractivity contribution is -0.143. The van der Waals surface area contributed by atoms with E-state index in [1.165, 1.54) is 7.11 Å². The zero-order chi connectivity index (χ0) is 14.3. The number of methoxy groups -OCH3 is 1. The van der Waals surface area contributed by atoms with Gasteiger partial charge in [0, 0.05) is 18.6 Å². The maximum Gasteiger partial charge on any atom is 0.322 e. The molecule has 2 atom stereocenters. The summed E-state index contributed by atoms with van der Waals surface area (Å²) in [4.78, 5) is 14.0. The molecule has 0 heterocycles. The van der Waals surface area contributed by atoms with Gasteiger partial charge >= 0.3 is 5.97 Å². The Balaban J connectivity index is 4.29. The van der Waals surface area contributed by atoms with Crippen LogP contribution in [0.2, 0.25) is 0 Å². The highest BCUT2D eigenvalue weighted by atomic mass is 16.5. The first-order valence-electron chi connectivity index (χ1n) is 6.83. The smallest absolute Gasteiger partial charge is 0.322 e. The number of nitrogens with one attached hydrogen (secondary N) is 1. The molecule has 0 aliphatic heterocycles. The summed E-state index contributed by atoms with van der Waals surface area (Å²) < 4.78 is 4.83. The van der Waals surface area contributed by atoms with E-state index in [-0.39, 0.29) is 18.1 Å². The van der Waals surface area contributed by atoms with Crippen molar-refractivity contribution in [2.24, 2.45) is 5.92 Å². The number of hydrogen-bond acceptors (Lipinski definition) is 4. The minimum Gasteiger partial charge on any atom is -0.468 e. The predicted molar refractivity (Wildman–Crippen MR) is 75.6 cm³/mol. The molecule has 0 aromatic rings. The molecule has 18 heavy (non-hydrogen) atoms. The van der Waals surface area contributed by atoms with E-state index in [0.29, 0.717) is 12.0 Å². The first-order valence-corrected chi connectivity index (χ1v) is 6.83. The molecular formula is C14H30N2O2. The highest BCUT2D eigenvalue weighted by Crippen LogP contribution is 2.09. The summed E-state index contributed by atoms with van der Waals surface area (Å²) in [6.07, 6.45) is 0.776. The highest BCUT2D eigenvalue weighted by molar-refractivity contribution is 5.75. The van der Waals surface area contributed by atoms with Gasteiger partial charge in [-0.2, -0.15) is 0 Å². The number of carbonyl (C=O) groups is 1. The van der Waals surface area contributed by atoms with Crippen LogP contribution < -0.4 is 5.32 Å². The number of rotatable bonds is 8. The number of nitrogens with zero attached hydrogens (tertiary/aromatic N) is 1. The van der Waals surface area contributed by atoms with Gasteiger partial charge in [0.25, 0.3) is 0 Å². The molecule has 1 N–H and O–H groups in total. The minimum absolute atomic E-state index is 0.172. The molecule has 108 valence electrons. The topological polar surface area (TPSA) is 41.6 Å². The predicted octanol–water partition coefficient (Wildman–Crippen LogP) is 1.89. The van der Waals surface area contributed by atoms with Crippen LogP contribution in [0.15, 0.2) is 0 Å². The average molecular weight is 258 g/mol. The fourth-order valence-corrected chi connectivity index (χ4v) is 1.86. The van der Waals surface area contributed by atoms with E-state index < -0.39 is 0 Å². The molecule has 0 spiro atoms. The average Bonchev–Trinajstić information content (AvgIpc) is 2.31. The first kappa shape index (κ1) is 17.4. The zero-order valence-corrected chi connectivity index (χ0v) is 13.0. The molecule has 4 heteroatoms. The quantitative estimate of drug-likeness (QED) is 0.675. The molecule has 2 unspecified atom stereocenters. The zero-order valence-electron chi connectivity index (χ0n) is 13.0. The van der Waals surface area contributed by atoms with Crippen molar-refractivity contribution in [1.82, 2.24) is 10.2 Å². The van der Waals surface area contributed by atoms with E-state index in [1.54, 1.807) is 0 Å². The number of ether oxygens (including phenoxy) is 1. The number of carbonyl (C=O) groups excluding carboxylic acids is 1. The van der Waals surface area contributed by atoms with Crippen molar-refractivity contribution in [3.05, 3.63) is 0 Å². The van der Waals surface area contributed by atoms with Crippen LogP contribution in [0.5, 0.6) is 0 Å². The Morgan fingerprint density at radius 2 is 1.78 bits per heavy atom. The van der Waals surface area contributed by atoms with Crippen LogP contribution in [-0.2, 0) is 9.53 Å². The van der Waals surface area contributed by atoms with E-state index >= 15 is 0 Å². The largest absolute Gasteiger partial charge is 0.468 e. The Bertz CT molecular complexity index is 242. The number of hydrogen-bond donors (Lipinski definition) is 1. The van der Waals surface area contributed by atoms with Crippen molar-refractivity contribution in [2.75, 3.05) is 20.7 Å². The lowest BCUT2D eigenvalue weighted by Crippen LogP contribution is -2.44. The van der Waals surface area contributed by atoms with Gasteiger partial charge in [-0.15, -0.1) is 0 Å². The van der Waals surface area contributed by atoms with Gasteiger partial charge in [-0.3, -0.25) is 4.79 Å². The summed E-state index contributed by atoms with van der Waals surface area (Å²) in [6, 6.07) is 0.584. The van der Waals surface area contributed by atoms with Crippen LogP contribution in [0.3, 0.4) is 0 Å². The van der Waals surface area contributed by atoms with Crippen LogP contribution in [0.1, 0.15) is 41.0 Å². The van der Waals surface area contributed by atoms with Crippen molar-refractivity contribution in [3.63, 3.8) is 0 Å². The van der Waals surface area contributed by atoms with Crippen molar-refractivity contribution in [2.45, 2.75) is 59.2 Å². The summed E-state index contributed by atoms with van der Waals surface area (Å²) in [5.41, 5.74) is 0. The van der Waals surface area contributed by atoms with Gasteiger partial charge in [0.2, 0.25) is 0 Å². The fourth-order valence-electron chi connectivity index (χ4n) is 1.86. The van der Waals surface area contributed by atoms with Gasteiger partial charge in [-0.25, -0.2) is 0 Å². The lowest BCUT2D eigenvalue weighted by atomic mass is 10.0. The maximum atomic E-state index is 11.7. The van der Waals surface area contributed by atoms with E-state index in [9.17, 15) is 4.79 Å². The van der Waals surface area contributed by atoms with E-state index in [1.807, 2.05) is 13.8 Å². The molecular weight excluding hydrogens is 228 g/mol. The fraction of sp³-hybridized carbons (Fsp3) is 0.929. The molecule has 0 aliphatic carbocycles. The molecule has 0 radical (unpaired) electrons. The summed E-state index contributed by atoms with van der Waals surface area (Å²) in [5, 5.41) is 3.25. The van der Waals surface area contributed by atoms with Crippen LogP contribution in [0, 0.1) is 5.92 Å². The molecule has 4 nitrogen and oxygen atoms in total. The van der Waals surface area contributed by atoms with E-state index in [0.717, 1.165) is 13.0 Å². The van der Waals surface area contributed by atoms with Crippen molar-refractivity contribution in [3.8, 4) is 0 Å². The van der Waals surface area contributed by atoms with Crippen LogP contribution in [0.25, 0.3) is 0 Å². The Morgan fingerprint density at radius 1 is 1.22 bits per heavy atom. The van der Waals surface area contributed by atoms with E-state index in [4.69, 9.17) is 4.74 Å². The van der Waals surface area contributed by atoms with Gasteiger partial charge in [0.05, 0.1) is 7.11 Å². The summed E-state index contributed by atoms with van der Waals surface area (Å²) in [6.45, 7) is 11.6. The van der Waals surface area contributed by atoms with Crippen molar-refractivity contribution >= 4 is 5.97 Å². The summed E-state index contributed by atoms with van der Waals surface area (Å²) >= 11 is 0. The third kappa shape index (κ3) is 6.36. The van der Waals surface area contributed by atoms with E-state index in [2.05, 4.69) is 38.0 Å². The number of esters is 1. The van der Waals surface area contributed by atoms with Gasteiger partial charge < -0.3 is 15.0 Å². The van der Waals surface area contributed by atoms with Crippen molar-refractivity contribution < 1.29 is 9.53 Å². The highest BCUT2D eigenvalue weighted by Gasteiger charge is 2.21. The van der Waals surface area contributed by atoms with Gasteiger partial charge in [0.1, 0.15) is 6.04 Å². The SMILES string of the molecule is COC(=O)C(CCN(C)C(C)C(C)C)NC(C)C. The molecule has 0 bridgehead atoms. The standard InChI is InChI=1S/C14H30N2O2/c1-10(2)12(5)16(6)9-8-13(14(17)18-7)15-11(3)4/h10-13,15H,8-9H2,1-7H3. The van der Waals surface area contributed by atoms with Gasteiger partial charge in [-0.1, -0.05) is 27.7 Å². The monoisotopic (exact) mass is 258 g/mol. The molecule has 0 aliphatic rings. The summed E-state index contributed by atoms with van der Waals surface area (Å²) in [7, 11) is 3.55. The second-order valence-electron chi connectivity index (χ2n) is 5.65. The van der Waals surface area contributed by atoms with Gasteiger partial charge in [-0.05, 0) is 26.3 Å². The van der Waals surface area contributed by atoms with Crippen LogP contribution in [-0.4, -0.2) is 49.7 Å². The molecule has 0 aromatic carbocycles. The minimum atomic E-state index is -0.211. The second-order valence-corrected chi connectivity index (χ2v) is 5.65. The third-order valence-electron chi connectivity index (χ3n) is 3.45. The second kappa shape index (κ2) is 8.48. The lowest BCUT2D eigenvalue weighted by Gasteiger charge is -2.29. The maximum absolute atomic E-state index is 11.7. The van der Waals surface area contributed by atoms with Crippen molar-refractivity contribution in [1.29, 1.82) is 0 Å². The molecule has 0 fully saturated rings. The molecule has 0 saturated heterocycles. The molecule has 0 amide bonds. The van der Waals surface area contributed by atoms with Crippen LogP contribution >= 0.6 is 0 Å². The Hall–Kier alpha value is -0.610. The molecule has 0 rings (SSSR count). The van der Waals surface area contributed by atoms with Gasteiger partial charge in [0.15, 0.2) is 0 Å². The molecule has 0 aromatic heterocycles. The molecule has 0 saturated carbocycles. The Labute approximate surface area is 112 Å². The normalized spacial score (nSPS) is 15.2. The van der Waals surface area contributed by atoms with Crippen LogP contribution in [0.4, 0.5) is 0 Å². The first-order chi connectivity index (χ1) is 8.29. The Morgan fingerprint density at radius 3 is 2.17 bits per heavy atom. The third-order valence-corrected chi connectivity index (χ3v) is 3.45. The summed E-state index contributed by atoms with van der Waals surface area (Å²) in [5.74, 6) is 0.443. The Kier molecular flexibility index (Phi) is 8.20.